The van der Waals surface area contributed by atoms with Crippen molar-refractivity contribution < 1.29 is 0 Å². The van der Waals surface area contributed by atoms with E-state index in [2.05, 4.69) is 68.5 Å². The van der Waals surface area contributed by atoms with Crippen LogP contribution in [0.5, 0.6) is 0 Å². The lowest BCUT2D eigenvalue weighted by Gasteiger charge is -2.03. The Hall–Kier alpha value is -2.13. The van der Waals surface area contributed by atoms with Gasteiger partial charge in [0.25, 0.3) is 0 Å². The number of hydrogen-bond acceptors (Lipinski definition) is 2. The molecule has 3 heteroatoms. The Morgan fingerprint density at radius 2 is 1.59 bits per heavy atom. The van der Waals surface area contributed by atoms with Gasteiger partial charge in [-0.2, -0.15) is 0 Å². The van der Waals surface area contributed by atoms with E-state index in [1.54, 1.807) is 11.3 Å². The van der Waals surface area contributed by atoms with Gasteiger partial charge in [-0.05, 0) is 51.0 Å². The van der Waals surface area contributed by atoms with Crippen molar-refractivity contribution in [3.8, 4) is 11.3 Å². The Balaban J connectivity index is 2.01. The molecule has 2 heterocycles. The van der Waals surface area contributed by atoms with Crippen molar-refractivity contribution in [1.29, 1.82) is 0 Å². The first-order valence-corrected chi connectivity index (χ1v) is 8.32. The fourth-order valence-electron chi connectivity index (χ4n) is 2.94. The molecule has 0 aliphatic rings. The summed E-state index contributed by atoms with van der Waals surface area (Å²) >= 11 is 1.77. The smallest absolute Gasteiger partial charge is 0.195 e. The van der Waals surface area contributed by atoms with Gasteiger partial charge in [0.2, 0.25) is 0 Å². The van der Waals surface area contributed by atoms with Gasteiger partial charge < -0.3 is 0 Å². The van der Waals surface area contributed by atoms with E-state index < -0.39 is 0 Å². The van der Waals surface area contributed by atoms with Crippen LogP contribution in [0.4, 0.5) is 0 Å². The third kappa shape index (κ3) is 1.89. The first-order valence-electron chi connectivity index (χ1n) is 7.50. The molecule has 0 radical (unpaired) electrons. The van der Waals surface area contributed by atoms with E-state index in [4.69, 9.17) is 4.98 Å². The molecule has 2 nitrogen and oxygen atoms in total. The van der Waals surface area contributed by atoms with E-state index in [1.165, 1.54) is 38.2 Å². The number of fused-ring (bicyclic) bond motifs is 3. The number of hydrogen-bond donors (Lipinski definition) is 0. The molecule has 0 atom stereocenters. The van der Waals surface area contributed by atoms with E-state index in [0.717, 1.165) is 10.7 Å². The van der Waals surface area contributed by atoms with Crippen LogP contribution >= 0.6 is 11.3 Å². The number of aromatic nitrogens is 2. The first-order chi connectivity index (χ1) is 10.5. The summed E-state index contributed by atoms with van der Waals surface area (Å²) in [5.74, 6) is 0. The Kier molecular flexibility index (Phi) is 2.88. The fraction of sp³-hybridized carbons (Fsp3) is 0.211. The Morgan fingerprint density at radius 3 is 2.32 bits per heavy atom. The Labute approximate surface area is 134 Å². The molecular formula is C19H18N2S. The molecule has 0 unspecified atom stereocenters. The van der Waals surface area contributed by atoms with Gasteiger partial charge in [0.15, 0.2) is 4.96 Å². The predicted molar refractivity (Wildman–Crippen MR) is 95.0 cm³/mol. The van der Waals surface area contributed by atoms with Gasteiger partial charge in [0.1, 0.15) is 0 Å². The monoisotopic (exact) mass is 306 g/mol. The van der Waals surface area contributed by atoms with Crippen molar-refractivity contribution in [2.24, 2.45) is 0 Å². The zero-order valence-electron chi connectivity index (χ0n) is 13.3. The quantitative estimate of drug-likeness (QED) is 0.457. The highest BCUT2D eigenvalue weighted by Gasteiger charge is 2.15. The molecule has 110 valence electrons. The molecule has 2 aromatic carbocycles. The maximum Gasteiger partial charge on any atom is 0.195 e. The minimum atomic E-state index is 1.08. The molecular weight excluding hydrogens is 288 g/mol. The van der Waals surface area contributed by atoms with Crippen molar-refractivity contribution in [3.63, 3.8) is 0 Å². The molecule has 4 rings (SSSR count). The average Bonchev–Trinajstić information content (AvgIpc) is 2.98. The maximum atomic E-state index is 4.89. The lowest BCUT2D eigenvalue weighted by atomic mass is 10.1. The summed E-state index contributed by atoms with van der Waals surface area (Å²) in [6.07, 6.45) is 0. The highest BCUT2D eigenvalue weighted by Crippen LogP contribution is 2.33. The van der Waals surface area contributed by atoms with Crippen LogP contribution in [0.1, 0.15) is 22.4 Å². The zero-order chi connectivity index (χ0) is 15.4. The number of nitrogens with zero attached hydrogens (tertiary/aromatic N) is 2. The summed E-state index contributed by atoms with van der Waals surface area (Å²) in [6, 6.07) is 13.2. The van der Waals surface area contributed by atoms with Crippen LogP contribution in [0.25, 0.3) is 26.4 Å². The van der Waals surface area contributed by atoms with E-state index in [9.17, 15) is 0 Å². The molecule has 22 heavy (non-hydrogen) atoms. The number of rotatable bonds is 1. The largest absolute Gasteiger partial charge is 0.287 e. The minimum absolute atomic E-state index is 1.08. The number of benzene rings is 2. The molecule has 0 spiro atoms. The molecule has 4 aromatic rings. The molecule has 0 N–H and O–H groups in total. The summed E-state index contributed by atoms with van der Waals surface area (Å²) in [6.45, 7) is 8.62. The van der Waals surface area contributed by atoms with Crippen LogP contribution in [-0.2, 0) is 0 Å². The third-order valence-corrected chi connectivity index (χ3v) is 5.42. The predicted octanol–water partition coefficient (Wildman–Crippen LogP) is 5.45. The molecule has 0 saturated heterocycles. The van der Waals surface area contributed by atoms with E-state index in [1.807, 2.05) is 0 Å². The Morgan fingerprint density at radius 1 is 0.909 bits per heavy atom. The van der Waals surface area contributed by atoms with E-state index >= 15 is 0 Å². The Bertz CT molecular complexity index is 1000. The van der Waals surface area contributed by atoms with Crippen LogP contribution in [-0.4, -0.2) is 9.38 Å². The molecule has 0 amide bonds. The summed E-state index contributed by atoms with van der Waals surface area (Å²) in [7, 11) is 0. The van der Waals surface area contributed by atoms with Crippen molar-refractivity contribution in [2.45, 2.75) is 27.7 Å². The van der Waals surface area contributed by atoms with Crippen LogP contribution in [0.3, 0.4) is 0 Å². The average molecular weight is 306 g/mol. The number of imidazole rings is 1. The van der Waals surface area contributed by atoms with Crippen molar-refractivity contribution in [3.05, 3.63) is 58.8 Å². The van der Waals surface area contributed by atoms with Crippen LogP contribution in [0.2, 0.25) is 0 Å². The molecule has 0 aliphatic carbocycles. The van der Waals surface area contributed by atoms with Gasteiger partial charge in [-0.3, -0.25) is 4.40 Å². The van der Waals surface area contributed by atoms with Gasteiger partial charge >= 0.3 is 0 Å². The molecule has 0 bridgehead atoms. The second-order valence-corrected chi connectivity index (χ2v) is 7.05. The van der Waals surface area contributed by atoms with Crippen molar-refractivity contribution in [1.82, 2.24) is 9.38 Å². The molecule has 0 aliphatic heterocycles. The van der Waals surface area contributed by atoms with Crippen molar-refractivity contribution in [2.75, 3.05) is 0 Å². The lowest BCUT2D eigenvalue weighted by molar-refractivity contribution is 1.18. The topological polar surface area (TPSA) is 17.3 Å². The third-order valence-electron chi connectivity index (χ3n) is 4.42. The van der Waals surface area contributed by atoms with Gasteiger partial charge in [0.05, 0.1) is 15.9 Å². The summed E-state index contributed by atoms with van der Waals surface area (Å²) < 4.78 is 3.60. The van der Waals surface area contributed by atoms with Gasteiger partial charge in [-0.25, -0.2) is 4.98 Å². The van der Waals surface area contributed by atoms with E-state index in [-0.39, 0.29) is 0 Å². The van der Waals surface area contributed by atoms with Gasteiger partial charge in [0, 0.05) is 11.3 Å². The van der Waals surface area contributed by atoms with Crippen LogP contribution in [0.15, 0.2) is 36.4 Å². The highest BCUT2D eigenvalue weighted by molar-refractivity contribution is 7.23. The summed E-state index contributed by atoms with van der Waals surface area (Å²) in [5.41, 5.74) is 8.71. The maximum absolute atomic E-state index is 4.89. The van der Waals surface area contributed by atoms with Crippen molar-refractivity contribution >= 4 is 26.5 Å². The molecule has 2 aromatic heterocycles. The zero-order valence-corrected chi connectivity index (χ0v) is 14.1. The minimum Gasteiger partial charge on any atom is -0.287 e. The SMILES string of the molecule is Cc1ccc(-c2nc3sc4cc(C)c(C)cc4n3c2C)cc1. The van der Waals surface area contributed by atoms with Crippen LogP contribution < -0.4 is 0 Å². The van der Waals surface area contributed by atoms with Gasteiger partial charge in [-0.15, -0.1) is 0 Å². The number of aryl methyl sites for hydroxylation is 4. The van der Waals surface area contributed by atoms with Crippen LogP contribution in [0, 0.1) is 27.7 Å². The van der Waals surface area contributed by atoms with Gasteiger partial charge in [-0.1, -0.05) is 41.2 Å². The normalized spacial score (nSPS) is 11.6. The lowest BCUT2D eigenvalue weighted by Crippen LogP contribution is -1.88. The molecule has 0 saturated carbocycles. The van der Waals surface area contributed by atoms with E-state index in [0.29, 0.717) is 0 Å². The highest BCUT2D eigenvalue weighted by atomic mass is 32.1. The fourth-order valence-corrected chi connectivity index (χ4v) is 4.09. The standard InChI is InChI=1S/C19H18N2S/c1-11-5-7-15(8-6-11)18-14(4)21-16-9-12(2)13(3)10-17(16)22-19(21)20-18/h5-10H,1-4H3. The summed E-state index contributed by atoms with van der Waals surface area (Å²) in [4.78, 5) is 5.97. The second kappa shape index (κ2) is 4.68. The number of thiazole rings is 1. The first kappa shape index (κ1) is 13.5. The second-order valence-electron chi connectivity index (χ2n) is 6.04. The molecule has 0 fully saturated rings. The summed E-state index contributed by atoms with van der Waals surface area (Å²) in [5, 5.41) is 0.